The molecular weight excluding hydrogens is 288 g/mol. The second kappa shape index (κ2) is 6.80. The van der Waals surface area contributed by atoms with Gasteiger partial charge in [-0.1, -0.05) is 27.7 Å². The normalized spacial score (nSPS) is 10.8. The van der Waals surface area contributed by atoms with E-state index in [0.717, 1.165) is 17.6 Å². The molecule has 0 saturated carbocycles. The van der Waals surface area contributed by atoms with Gasteiger partial charge >= 0.3 is 0 Å². The molecule has 0 aliphatic rings. The Morgan fingerprint density at radius 2 is 1.72 bits per heavy atom. The highest BCUT2D eigenvalue weighted by Gasteiger charge is 2.13. The number of anilines is 1. The summed E-state index contributed by atoms with van der Waals surface area (Å²) in [6.45, 7) is 11.0. The molecule has 1 aromatic rings. The minimum atomic E-state index is 0.617. The summed E-state index contributed by atoms with van der Waals surface area (Å²) in [6.07, 6.45) is 0. The minimum absolute atomic E-state index is 0.617. The van der Waals surface area contributed by atoms with E-state index in [-0.39, 0.29) is 0 Å². The maximum absolute atomic E-state index is 8.90. The monoisotopic (exact) mass is 308 g/mol. The van der Waals surface area contributed by atoms with Crippen molar-refractivity contribution in [3.05, 3.63) is 28.2 Å². The van der Waals surface area contributed by atoms with Crippen molar-refractivity contribution in [3.8, 4) is 6.07 Å². The molecule has 0 atom stereocenters. The summed E-state index contributed by atoms with van der Waals surface area (Å²) in [5.74, 6) is 1.23. The van der Waals surface area contributed by atoms with Crippen LogP contribution in [0.5, 0.6) is 0 Å². The Morgan fingerprint density at radius 1 is 1.17 bits per heavy atom. The first-order valence-corrected chi connectivity index (χ1v) is 7.18. The fourth-order valence-corrected chi connectivity index (χ4v) is 2.62. The van der Waals surface area contributed by atoms with Crippen LogP contribution < -0.4 is 4.90 Å². The van der Waals surface area contributed by atoms with Crippen LogP contribution in [0.15, 0.2) is 22.7 Å². The van der Waals surface area contributed by atoms with Gasteiger partial charge in [-0.25, -0.2) is 0 Å². The highest BCUT2D eigenvalue weighted by molar-refractivity contribution is 9.10. The van der Waals surface area contributed by atoms with Gasteiger partial charge in [0.15, 0.2) is 0 Å². The fraction of sp³-hybridized carbons (Fsp3) is 0.533. The van der Waals surface area contributed by atoms with Gasteiger partial charge in [-0.05, 0) is 46.0 Å². The Balaban J connectivity index is 3.01. The van der Waals surface area contributed by atoms with Gasteiger partial charge in [-0.3, -0.25) is 0 Å². The predicted molar refractivity (Wildman–Crippen MR) is 80.7 cm³/mol. The van der Waals surface area contributed by atoms with Crippen LogP contribution in [0.25, 0.3) is 0 Å². The number of hydrogen-bond donors (Lipinski definition) is 0. The zero-order valence-corrected chi connectivity index (χ0v) is 13.2. The lowest BCUT2D eigenvalue weighted by atomic mass is 10.1. The van der Waals surface area contributed by atoms with E-state index in [9.17, 15) is 0 Å². The Kier molecular flexibility index (Phi) is 5.68. The molecule has 0 fully saturated rings. The Morgan fingerprint density at radius 3 is 2.11 bits per heavy atom. The summed E-state index contributed by atoms with van der Waals surface area (Å²) in [5.41, 5.74) is 1.87. The van der Waals surface area contributed by atoms with Crippen LogP contribution in [-0.4, -0.2) is 13.1 Å². The van der Waals surface area contributed by atoms with Gasteiger partial charge in [-0.15, -0.1) is 0 Å². The average molecular weight is 309 g/mol. The zero-order valence-electron chi connectivity index (χ0n) is 11.6. The van der Waals surface area contributed by atoms with Crippen molar-refractivity contribution in [2.75, 3.05) is 18.0 Å². The van der Waals surface area contributed by atoms with Gasteiger partial charge in [0.1, 0.15) is 0 Å². The van der Waals surface area contributed by atoms with Gasteiger partial charge in [0, 0.05) is 17.6 Å². The molecule has 98 valence electrons. The maximum Gasteiger partial charge on any atom is 0.0992 e. The number of halogens is 1. The Hall–Kier alpha value is -1.01. The molecule has 18 heavy (non-hydrogen) atoms. The van der Waals surface area contributed by atoms with E-state index in [4.69, 9.17) is 5.26 Å². The largest absolute Gasteiger partial charge is 0.370 e. The smallest absolute Gasteiger partial charge is 0.0992 e. The number of hydrogen-bond acceptors (Lipinski definition) is 2. The first-order chi connectivity index (χ1) is 8.43. The zero-order chi connectivity index (χ0) is 13.7. The molecule has 0 unspecified atom stereocenters. The molecule has 1 aromatic carbocycles. The molecule has 0 amide bonds. The van der Waals surface area contributed by atoms with Crippen molar-refractivity contribution in [3.63, 3.8) is 0 Å². The molecular formula is C15H21BrN2. The summed E-state index contributed by atoms with van der Waals surface area (Å²) in [6, 6.07) is 7.98. The summed E-state index contributed by atoms with van der Waals surface area (Å²) in [4.78, 5) is 2.39. The van der Waals surface area contributed by atoms with Crippen molar-refractivity contribution in [2.45, 2.75) is 27.7 Å². The fourth-order valence-electron chi connectivity index (χ4n) is 1.99. The lowest BCUT2D eigenvalue weighted by molar-refractivity contribution is 0.552. The minimum Gasteiger partial charge on any atom is -0.370 e. The molecule has 0 aromatic heterocycles. The van der Waals surface area contributed by atoms with Gasteiger partial charge in [0.25, 0.3) is 0 Å². The molecule has 0 aliphatic heterocycles. The quantitative estimate of drug-likeness (QED) is 0.804. The standard InChI is InChI=1S/C15H21BrN2/c1-11(2)9-18(10-12(3)4)15-6-5-13(8-17)7-14(15)16/h5-7,11-12H,9-10H2,1-4H3. The molecule has 1 rings (SSSR count). The van der Waals surface area contributed by atoms with Crippen LogP contribution in [-0.2, 0) is 0 Å². The van der Waals surface area contributed by atoms with Gasteiger partial charge in [0.2, 0.25) is 0 Å². The van der Waals surface area contributed by atoms with Crippen molar-refractivity contribution in [1.82, 2.24) is 0 Å². The molecule has 0 heterocycles. The third-order valence-corrected chi connectivity index (χ3v) is 3.22. The number of nitriles is 1. The summed E-state index contributed by atoms with van der Waals surface area (Å²) >= 11 is 3.58. The molecule has 0 bridgehead atoms. The molecule has 0 saturated heterocycles. The summed E-state index contributed by atoms with van der Waals surface area (Å²) < 4.78 is 1.00. The van der Waals surface area contributed by atoms with Crippen LogP contribution in [0.1, 0.15) is 33.3 Å². The van der Waals surface area contributed by atoms with Crippen molar-refractivity contribution >= 4 is 21.6 Å². The maximum atomic E-state index is 8.90. The topological polar surface area (TPSA) is 27.0 Å². The second-order valence-electron chi connectivity index (χ2n) is 5.47. The van der Waals surface area contributed by atoms with Crippen molar-refractivity contribution in [1.29, 1.82) is 5.26 Å². The first kappa shape index (κ1) is 15.0. The van der Waals surface area contributed by atoms with E-state index in [1.54, 1.807) is 0 Å². The van der Waals surface area contributed by atoms with Crippen molar-refractivity contribution < 1.29 is 0 Å². The van der Waals surface area contributed by atoms with Crippen LogP contribution >= 0.6 is 15.9 Å². The van der Waals surface area contributed by atoms with Gasteiger partial charge < -0.3 is 4.90 Å². The number of rotatable bonds is 5. The van der Waals surface area contributed by atoms with E-state index in [0.29, 0.717) is 17.4 Å². The van der Waals surface area contributed by atoms with E-state index < -0.39 is 0 Å². The lowest BCUT2D eigenvalue weighted by Crippen LogP contribution is -2.31. The first-order valence-electron chi connectivity index (χ1n) is 6.38. The highest BCUT2D eigenvalue weighted by Crippen LogP contribution is 2.28. The SMILES string of the molecule is CC(C)CN(CC(C)C)c1ccc(C#N)cc1Br. The molecule has 2 nitrogen and oxygen atoms in total. The van der Waals surface area contributed by atoms with Gasteiger partial charge in [-0.2, -0.15) is 5.26 Å². The Bertz CT molecular complexity index is 423. The third-order valence-electron chi connectivity index (χ3n) is 2.59. The van der Waals surface area contributed by atoms with Crippen molar-refractivity contribution in [2.24, 2.45) is 11.8 Å². The number of nitrogens with zero attached hydrogens (tertiary/aromatic N) is 2. The lowest BCUT2D eigenvalue weighted by Gasteiger charge is -2.29. The second-order valence-corrected chi connectivity index (χ2v) is 6.33. The van der Waals surface area contributed by atoms with Crippen LogP contribution in [0.4, 0.5) is 5.69 Å². The predicted octanol–water partition coefficient (Wildman–Crippen LogP) is 4.44. The van der Waals surface area contributed by atoms with Crippen LogP contribution in [0.3, 0.4) is 0 Å². The van der Waals surface area contributed by atoms with E-state index in [1.165, 1.54) is 5.69 Å². The van der Waals surface area contributed by atoms with Gasteiger partial charge in [0.05, 0.1) is 17.3 Å². The number of benzene rings is 1. The van der Waals surface area contributed by atoms with Crippen LogP contribution in [0.2, 0.25) is 0 Å². The Labute approximate surface area is 119 Å². The third kappa shape index (κ3) is 4.34. The van der Waals surface area contributed by atoms with E-state index in [2.05, 4.69) is 54.6 Å². The molecule has 0 aliphatic carbocycles. The van der Waals surface area contributed by atoms with E-state index in [1.807, 2.05) is 18.2 Å². The summed E-state index contributed by atoms with van der Waals surface area (Å²) in [7, 11) is 0. The molecule has 0 N–H and O–H groups in total. The molecule has 3 heteroatoms. The highest BCUT2D eigenvalue weighted by atomic mass is 79.9. The van der Waals surface area contributed by atoms with E-state index >= 15 is 0 Å². The van der Waals surface area contributed by atoms with Crippen LogP contribution in [0, 0.1) is 23.2 Å². The molecule has 0 radical (unpaired) electrons. The summed E-state index contributed by atoms with van der Waals surface area (Å²) in [5, 5.41) is 8.90. The molecule has 0 spiro atoms. The average Bonchev–Trinajstić information content (AvgIpc) is 2.26.